The molecule has 12 heteroatoms. The number of hydrogen-bond donors (Lipinski definition) is 2. The smallest absolute Gasteiger partial charge is 0.283 e. The Bertz CT molecular complexity index is 1640. The molecule has 2 amide bonds. The second-order valence-electron chi connectivity index (χ2n) is 10.1. The van der Waals surface area contributed by atoms with Crippen LogP contribution in [-0.4, -0.2) is 44.0 Å². The monoisotopic (exact) mass is 554 g/mol. The molecule has 2 atom stereocenters. The number of fused-ring (bicyclic) bond motifs is 3. The summed E-state index contributed by atoms with van der Waals surface area (Å²) in [5.41, 5.74) is 4.05. The number of anilines is 2. The summed E-state index contributed by atoms with van der Waals surface area (Å²) in [5, 5.41) is 12.8. The Balaban J connectivity index is 1.59. The minimum atomic E-state index is -1.57. The van der Waals surface area contributed by atoms with Gasteiger partial charge in [-0.3, -0.25) is 14.3 Å². The van der Waals surface area contributed by atoms with E-state index in [2.05, 4.69) is 25.2 Å². The number of carbonyl (C=O) groups excluding carboxylic acids is 2. The number of benzene rings is 1. The largest absolute Gasteiger partial charge is 0.452 e. The summed E-state index contributed by atoms with van der Waals surface area (Å²) in [6.07, 6.45) is 3.66. The van der Waals surface area contributed by atoms with Crippen molar-refractivity contribution in [2.75, 3.05) is 23.0 Å². The van der Waals surface area contributed by atoms with Crippen molar-refractivity contribution in [3.63, 3.8) is 0 Å². The molecule has 0 radical (unpaired) electrons. The highest BCUT2D eigenvalue weighted by Gasteiger charge is 2.40. The van der Waals surface area contributed by atoms with E-state index in [0.29, 0.717) is 34.6 Å². The van der Waals surface area contributed by atoms with E-state index in [9.17, 15) is 13.8 Å². The van der Waals surface area contributed by atoms with E-state index in [-0.39, 0.29) is 22.8 Å². The molecule has 198 valence electrons. The number of rotatable bonds is 6. The highest BCUT2D eigenvalue weighted by atomic mass is 35.5. The average molecular weight is 555 g/mol. The van der Waals surface area contributed by atoms with Crippen LogP contribution in [0.3, 0.4) is 0 Å². The van der Waals surface area contributed by atoms with Crippen LogP contribution >= 0.6 is 11.6 Å². The van der Waals surface area contributed by atoms with E-state index in [1.807, 2.05) is 39.8 Å². The Hall–Kier alpha value is -3.57. The predicted molar refractivity (Wildman–Crippen MR) is 148 cm³/mol. The van der Waals surface area contributed by atoms with Gasteiger partial charge in [0.1, 0.15) is 32.9 Å². The fraction of sp³-hybridized carbons (Fsp3) is 0.346. The number of pyridine rings is 1. The Morgan fingerprint density at radius 2 is 2.03 bits per heavy atom. The maximum Gasteiger partial charge on any atom is 0.283 e. The molecule has 2 unspecified atom stereocenters. The number of furan rings is 1. The third kappa shape index (κ3) is 4.60. The molecule has 0 spiro atoms. The van der Waals surface area contributed by atoms with Gasteiger partial charge in [0, 0.05) is 29.2 Å². The molecule has 1 fully saturated rings. The standard InChI is InChI=1S/C26H27ClN6O4S/c1-13-10-15(14(2)29-17-6-7-19(27)30-21(17)24(34)32-38(5)36)22-16(11-13)20-23(37-22)18(12-28-31-20)33-9-8-26(3,4)25(33)35/h6-7,10-12,14,29H,8-9H2,1-5H3,(H,32,34). The first-order chi connectivity index (χ1) is 18.0. The molecule has 0 saturated carbocycles. The van der Waals surface area contributed by atoms with Crippen LogP contribution in [0.2, 0.25) is 5.15 Å². The average Bonchev–Trinajstić information content (AvgIpc) is 3.35. The molecule has 5 rings (SSSR count). The lowest BCUT2D eigenvalue weighted by atomic mass is 9.92. The highest BCUT2D eigenvalue weighted by Crippen LogP contribution is 2.41. The topological polar surface area (TPSA) is 130 Å². The molecular formula is C26H27ClN6O4S. The van der Waals surface area contributed by atoms with Crippen molar-refractivity contribution < 1.29 is 18.2 Å². The molecule has 1 aliphatic rings. The maximum absolute atomic E-state index is 13.1. The van der Waals surface area contributed by atoms with Gasteiger partial charge in [-0.15, -0.1) is 5.10 Å². The Morgan fingerprint density at radius 3 is 2.71 bits per heavy atom. The van der Waals surface area contributed by atoms with Gasteiger partial charge in [-0.2, -0.15) is 5.10 Å². The third-order valence-electron chi connectivity index (χ3n) is 6.73. The first-order valence-corrected chi connectivity index (χ1v) is 14.0. The molecule has 1 aliphatic heterocycles. The van der Waals surface area contributed by atoms with Crippen LogP contribution in [0.4, 0.5) is 11.4 Å². The minimum absolute atomic E-state index is 0.0211. The van der Waals surface area contributed by atoms with E-state index >= 15 is 0 Å². The molecule has 4 aromatic rings. The normalized spacial score (nSPS) is 16.7. The number of aryl methyl sites for hydroxylation is 1. The number of amides is 2. The summed E-state index contributed by atoms with van der Waals surface area (Å²) in [4.78, 5) is 31.5. The molecule has 38 heavy (non-hydrogen) atoms. The molecule has 0 aliphatic carbocycles. The van der Waals surface area contributed by atoms with E-state index in [0.717, 1.165) is 22.9 Å². The summed E-state index contributed by atoms with van der Waals surface area (Å²) in [5.74, 6) is -0.591. The molecule has 4 heterocycles. The van der Waals surface area contributed by atoms with Crippen LogP contribution < -0.4 is 14.9 Å². The fourth-order valence-electron chi connectivity index (χ4n) is 4.76. The van der Waals surface area contributed by atoms with Gasteiger partial charge in [0.25, 0.3) is 5.91 Å². The minimum Gasteiger partial charge on any atom is -0.452 e. The van der Waals surface area contributed by atoms with E-state index in [4.69, 9.17) is 16.0 Å². The van der Waals surface area contributed by atoms with Crippen LogP contribution in [0.1, 0.15) is 54.8 Å². The van der Waals surface area contributed by atoms with Crippen molar-refractivity contribution in [1.29, 1.82) is 0 Å². The number of nitrogens with one attached hydrogen (secondary N) is 2. The zero-order valence-electron chi connectivity index (χ0n) is 21.6. The van der Waals surface area contributed by atoms with Crippen molar-refractivity contribution in [3.8, 4) is 0 Å². The summed E-state index contributed by atoms with van der Waals surface area (Å²) in [7, 11) is -1.57. The van der Waals surface area contributed by atoms with Gasteiger partial charge in [-0.05, 0) is 44.0 Å². The van der Waals surface area contributed by atoms with Gasteiger partial charge in [0.2, 0.25) is 5.91 Å². The number of carbonyl (C=O) groups is 2. The van der Waals surface area contributed by atoms with Crippen LogP contribution in [0.25, 0.3) is 22.1 Å². The number of aromatic nitrogens is 3. The van der Waals surface area contributed by atoms with Crippen molar-refractivity contribution in [2.45, 2.75) is 40.2 Å². The SMILES string of the molecule is Cc1cc(C(C)Nc2ccc(Cl)nc2C(=O)NS(C)=O)c2oc3c(N4CCC(C)(C)C4=O)cnnc3c2c1. The fourth-order valence-corrected chi connectivity index (χ4v) is 5.27. The molecule has 2 N–H and O–H groups in total. The van der Waals surface area contributed by atoms with Gasteiger partial charge in [0.05, 0.1) is 17.9 Å². The molecule has 10 nitrogen and oxygen atoms in total. The molecule has 3 aromatic heterocycles. The van der Waals surface area contributed by atoms with Gasteiger partial charge in [-0.1, -0.05) is 31.5 Å². The summed E-state index contributed by atoms with van der Waals surface area (Å²) < 4.78 is 20.3. The summed E-state index contributed by atoms with van der Waals surface area (Å²) in [6, 6.07) is 6.84. The Morgan fingerprint density at radius 1 is 1.26 bits per heavy atom. The van der Waals surface area contributed by atoms with Crippen LogP contribution in [-0.2, 0) is 15.8 Å². The Labute approximate surface area is 226 Å². The van der Waals surface area contributed by atoms with E-state index in [1.165, 1.54) is 6.26 Å². The van der Waals surface area contributed by atoms with Gasteiger partial charge in [-0.25, -0.2) is 9.19 Å². The molecular weight excluding hydrogens is 528 g/mol. The third-order valence-corrected chi connectivity index (χ3v) is 7.42. The maximum atomic E-state index is 13.1. The first-order valence-electron chi connectivity index (χ1n) is 12.0. The molecule has 1 saturated heterocycles. The number of hydrogen-bond acceptors (Lipinski definition) is 8. The van der Waals surface area contributed by atoms with Gasteiger partial charge in [0.15, 0.2) is 11.3 Å². The second kappa shape index (κ2) is 9.63. The summed E-state index contributed by atoms with van der Waals surface area (Å²) in [6.45, 7) is 8.34. The van der Waals surface area contributed by atoms with Crippen LogP contribution in [0, 0.1) is 12.3 Å². The van der Waals surface area contributed by atoms with Crippen LogP contribution in [0.15, 0.2) is 34.9 Å². The van der Waals surface area contributed by atoms with Crippen molar-refractivity contribution >= 4 is 67.8 Å². The van der Waals surface area contributed by atoms with E-state index in [1.54, 1.807) is 23.2 Å². The van der Waals surface area contributed by atoms with Crippen molar-refractivity contribution in [1.82, 2.24) is 19.9 Å². The van der Waals surface area contributed by atoms with Gasteiger partial charge < -0.3 is 14.6 Å². The number of halogens is 1. The van der Waals surface area contributed by atoms with Crippen molar-refractivity contribution in [2.24, 2.45) is 5.41 Å². The van der Waals surface area contributed by atoms with Crippen LogP contribution in [0.5, 0.6) is 0 Å². The van der Waals surface area contributed by atoms with Crippen molar-refractivity contribution in [3.05, 3.63) is 52.4 Å². The zero-order chi connectivity index (χ0) is 27.4. The molecule has 0 bridgehead atoms. The predicted octanol–water partition coefficient (Wildman–Crippen LogP) is 4.69. The first kappa shape index (κ1) is 26.1. The lowest BCUT2D eigenvalue weighted by Crippen LogP contribution is -2.31. The molecule has 1 aromatic carbocycles. The quantitative estimate of drug-likeness (QED) is 0.328. The van der Waals surface area contributed by atoms with Gasteiger partial charge >= 0.3 is 0 Å². The zero-order valence-corrected chi connectivity index (χ0v) is 23.2. The summed E-state index contributed by atoms with van der Waals surface area (Å²) >= 11 is 6.04. The lowest BCUT2D eigenvalue weighted by molar-refractivity contribution is -0.123. The Kier molecular flexibility index (Phi) is 6.60. The number of nitrogens with zero attached hydrogens (tertiary/aromatic N) is 4. The second-order valence-corrected chi connectivity index (χ2v) is 11.6. The lowest BCUT2D eigenvalue weighted by Gasteiger charge is -2.19. The van der Waals surface area contributed by atoms with E-state index < -0.39 is 22.3 Å². The highest BCUT2D eigenvalue weighted by molar-refractivity contribution is 7.82.